The topological polar surface area (TPSA) is 58.8 Å². The van der Waals surface area contributed by atoms with Gasteiger partial charge in [0, 0.05) is 32.2 Å². The van der Waals surface area contributed by atoms with Crippen molar-refractivity contribution in [1.29, 1.82) is 0 Å². The third-order valence-electron chi connectivity index (χ3n) is 4.23. The summed E-state index contributed by atoms with van der Waals surface area (Å²) in [7, 11) is 0. The maximum absolute atomic E-state index is 12.4. The van der Waals surface area contributed by atoms with Gasteiger partial charge in [0.1, 0.15) is 0 Å². The number of benzene rings is 1. The summed E-state index contributed by atoms with van der Waals surface area (Å²) in [6, 6.07) is 7.64. The second-order valence-electron chi connectivity index (χ2n) is 5.57. The number of halogens is 1. The average Bonchev–Trinajstić information content (AvgIpc) is 2.93. The lowest BCUT2D eigenvalue weighted by Crippen LogP contribution is -2.52. The lowest BCUT2D eigenvalue weighted by molar-refractivity contribution is -0.136. The van der Waals surface area contributed by atoms with Gasteiger partial charge < -0.3 is 20.3 Å². The Labute approximate surface area is 129 Å². The highest BCUT2D eigenvalue weighted by molar-refractivity contribution is 6.33. The van der Waals surface area contributed by atoms with Crippen molar-refractivity contribution < 1.29 is 9.53 Å². The summed E-state index contributed by atoms with van der Waals surface area (Å²) in [5.74, 6) is -0.0596. The molecule has 2 fully saturated rings. The number of ether oxygens (including phenoxy) is 1. The standard InChI is InChI=1S/C15H20ClN3O2/c16-12-3-1-2-4-14(12)18-5-7-19(8-6-18)15(20)11-9-21-10-13(11)17/h1-4,11,13H,5-10,17H2. The van der Waals surface area contributed by atoms with Crippen LogP contribution in [-0.2, 0) is 9.53 Å². The van der Waals surface area contributed by atoms with Gasteiger partial charge >= 0.3 is 0 Å². The Morgan fingerprint density at radius 2 is 1.90 bits per heavy atom. The van der Waals surface area contributed by atoms with E-state index in [4.69, 9.17) is 22.1 Å². The van der Waals surface area contributed by atoms with Crippen LogP contribution in [0.2, 0.25) is 5.02 Å². The molecular formula is C15H20ClN3O2. The summed E-state index contributed by atoms with van der Waals surface area (Å²) in [4.78, 5) is 16.6. The number of hydrogen-bond acceptors (Lipinski definition) is 4. The molecule has 2 saturated heterocycles. The molecule has 2 unspecified atom stereocenters. The molecule has 2 aliphatic heterocycles. The Balaban J connectivity index is 1.60. The van der Waals surface area contributed by atoms with E-state index in [0.717, 1.165) is 23.8 Å². The van der Waals surface area contributed by atoms with Gasteiger partial charge in [0.2, 0.25) is 5.91 Å². The number of carbonyl (C=O) groups is 1. The molecule has 6 heteroatoms. The predicted octanol–water partition coefficient (Wildman–Crippen LogP) is 0.962. The maximum Gasteiger partial charge on any atom is 0.229 e. The molecule has 2 N–H and O–H groups in total. The van der Waals surface area contributed by atoms with Crippen LogP contribution >= 0.6 is 11.6 Å². The van der Waals surface area contributed by atoms with Crippen LogP contribution in [0.25, 0.3) is 0 Å². The molecule has 1 aromatic carbocycles. The summed E-state index contributed by atoms with van der Waals surface area (Å²) < 4.78 is 5.29. The molecule has 114 valence electrons. The molecule has 2 heterocycles. The van der Waals surface area contributed by atoms with E-state index in [0.29, 0.717) is 26.3 Å². The summed E-state index contributed by atoms with van der Waals surface area (Å²) in [5.41, 5.74) is 6.96. The Bertz CT molecular complexity index is 517. The molecule has 0 aliphatic carbocycles. The van der Waals surface area contributed by atoms with Crippen molar-refractivity contribution in [3.8, 4) is 0 Å². The molecule has 0 radical (unpaired) electrons. The largest absolute Gasteiger partial charge is 0.379 e. The second-order valence-corrected chi connectivity index (χ2v) is 5.98. The van der Waals surface area contributed by atoms with Crippen LogP contribution in [0, 0.1) is 5.92 Å². The number of amides is 1. The molecule has 3 rings (SSSR count). The summed E-state index contributed by atoms with van der Waals surface area (Å²) in [5, 5.41) is 0.753. The minimum Gasteiger partial charge on any atom is -0.379 e. The van der Waals surface area contributed by atoms with Gasteiger partial charge in [-0.25, -0.2) is 0 Å². The highest BCUT2D eigenvalue weighted by Gasteiger charge is 2.35. The van der Waals surface area contributed by atoms with Gasteiger partial charge in [-0.2, -0.15) is 0 Å². The predicted molar refractivity (Wildman–Crippen MR) is 82.5 cm³/mol. The van der Waals surface area contributed by atoms with Crippen LogP contribution < -0.4 is 10.6 Å². The van der Waals surface area contributed by atoms with E-state index in [2.05, 4.69) is 4.90 Å². The zero-order valence-corrected chi connectivity index (χ0v) is 12.6. The summed E-state index contributed by atoms with van der Waals surface area (Å²) >= 11 is 6.22. The molecule has 0 spiro atoms. The van der Waals surface area contributed by atoms with Gasteiger partial charge in [-0.1, -0.05) is 23.7 Å². The van der Waals surface area contributed by atoms with E-state index in [1.807, 2.05) is 29.2 Å². The molecule has 0 aromatic heterocycles. The summed E-state index contributed by atoms with van der Waals surface area (Å²) in [6.45, 7) is 3.91. The fraction of sp³-hybridized carbons (Fsp3) is 0.533. The Morgan fingerprint density at radius 1 is 1.19 bits per heavy atom. The minimum atomic E-state index is -0.183. The third-order valence-corrected chi connectivity index (χ3v) is 4.55. The monoisotopic (exact) mass is 309 g/mol. The van der Waals surface area contributed by atoms with Gasteiger partial charge in [0.25, 0.3) is 0 Å². The maximum atomic E-state index is 12.4. The molecule has 1 amide bonds. The lowest BCUT2D eigenvalue weighted by atomic mass is 10.0. The van der Waals surface area contributed by atoms with Crippen molar-refractivity contribution in [2.75, 3.05) is 44.3 Å². The van der Waals surface area contributed by atoms with Crippen LogP contribution in [0.5, 0.6) is 0 Å². The molecule has 1 aromatic rings. The van der Waals surface area contributed by atoms with E-state index in [1.165, 1.54) is 0 Å². The number of hydrogen-bond donors (Lipinski definition) is 1. The fourth-order valence-electron chi connectivity index (χ4n) is 2.94. The van der Waals surface area contributed by atoms with Crippen molar-refractivity contribution in [3.05, 3.63) is 29.3 Å². The zero-order valence-electron chi connectivity index (χ0n) is 11.9. The number of piperazine rings is 1. The minimum absolute atomic E-state index is 0.124. The second kappa shape index (κ2) is 6.22. The van der Waals surface area contributed by atoms with Crippen molar-refractivity contribution in [2.24, 2.45) is 11.7 Å². The molecule has 0 bridgehead atoms. The molecule has 2 atom stereocenters. The van der Waals surface area contributed by atoms with Crippen LogP contribution in [0.3, 0.4) is 0 Å². The number of nitrogens with two attached hydrogens (primary N) is 1. The van der Waals surface area contributed by atoms with Crippen molar-refractivity contribution in [1.82, 2.24) is 4.90 Å². The summed E-state index contributed by atoms with van der Waals surface area (Å²) in [6.07, 6.45) is 0. The number of anilines is 1. The van der Waals surface area contributed by atoms with Crippen molar-refractivity contribution in [3.63, 3.8) is 0 Å². The lowest BCUT2D eigenvalue weighted by Gasteiger charge is -2.37. The molecule has 5 nitrogen and oxygen atoms in total. The van der Waals surface area contributed by atoms with E-state index in [1.54, 1.807) is 0 Å². The van der Waals surface area contributed by atoms with E-state index < -0.39 is 0 Å². The average molecular weight is 310 g/mol. The highest BCUT2D eigenvalue weighted by Crippen LogP contribution is 2.26. The van der Waals surface area contributed by atoms with Crippen molar-refractivity contribution in [2.45, 2.75) is 6.04 Å². The normalized spacial score (nSPS) is 26.2. The SMILES string of the molecule is NC1COCC1C(=O)N1CCN(c2ccccc2Cl)CC1. The number of nitrogens with zero attached hydrogens (tertiary/aromatic N) is 2. The first-order valence-electron chi connectivity index (χ1n) is 7.28. The smallest absolute Gasteiger partial charge is 0.229 e. The molecular weight excluding hydrogens is 290 g/mol. The zero-order chi connectivity index (χ0) is 14.8. The fourth-order valence-corrected chi connectivity index (χ4v) is 3.19. The van der Waals surface area contributed by atoms with E-state index in [9.17, 15) is 4.79 Å². The van der Waals surface area contributed by atoms with Gasteiger partial charge in [-0.15, -0.1) is 0 Å². The number of rotatable bonds is 2. The third kappa shape index (κ3) is 3.00. The first-order valence-corrected chi connectivity index (χ1v) is 7.66. The quantitative estimate of drug-likeness (QED) is 0.884. The van der Waals surface area contributed by atoms with E-state index >= 15 is 0 Å². The molecule has 0 saturated carbocycles. The Morgan fingerprint density at radius 3 is 2.52 bits per heavy atom. The first-order chi connectivity index (χ1) is 10.2. The Kier molecular flexibility index (Phi) is 4.33. The van der Waals surface area contributed by atoms with Gasteiger partial charge in [-0.05, 0) is 12.1 Å². The van der Waals surface area contributed by atoms with Gasteiger partial charge in [-0.3, -0.25) is 4.79 Å². The van der Waals surface area contributed by atoms with Crippen LogP contribution in [0.1, 0.15) is 0 Å². The molecule has 21 heavy (non-hydrogen) atoms. The van der Waals surface area contributed by atoms with E-state index in [-0.39, 0.29) is 17.9 Å². The van der Waals surface area contributed by atoms with Crippen molar-refractivity contribution >= 4 is 23.2 Å². The first kappa shape index (κ1) is 14.6. The van der Waals surface area contributed by atoms with Crippen LogP contribution in [0.15, 0.2) is 24.3 Å². The Hall–Kier alpha value is -1.30. The number of carbonyl (C=O) groups excluding carboxylic acids is 1. The van der Waals surface area contributed by atoms with Gasteiger partial charge in [0.05, 0.1) is 29.8 Å². The highest BCUT2D eigenvalue weighted by atomic mass is 35.5. The van der Waals surface area contributed by atoms with Gasteiger partial charge in [0.15, 0.2) is 0 Å². The van der Waals surface area contributed by atoms with Crippen LogP contribution in [0.4, 0.5) is 5.69 Å². The number of para-hydroxylation sites is 1. The van der Waals surface area contributed by atoms with Crippen LogP contribution in [-0.4, -0.2) is 56.2 Å². The molecule has 2 aliphatic rings.